The van der Waals surface area contributed by atoms with Crippen molar-refractivity contribution >= 4 is 45.0 Å². The molecule has 8 nitrogen and oxygen atoms in total. The van der Waals surface area contributed by atoms with Crippen molar-refractivity contribution in [2.75, 3.05) is 38.8 Å². The fraction of sp³-hybridized carbons (Fsp3) is 0.481. The van der Waals surface area contributed by atoms with Gasteiger partial charge in [0.15, 0.2) is 0 Å². The third-order valence-electron chi connectivity index (χ3n) is 6.73. The lowest BCUT2D eigenvalue weighted by Gasteiger charge is -2.34. The highest BCUT2D eigenvalue weighted by Gasteiger charge is 2.41. The van der Waals surface area contributed by atoms with Crippen molar-refractivity contribution < 1.29 is 22.3 Å². The van der Waals surface area contributed by atoms with Gasteiger partial charge in [-0.2, -0.15) is 5.26 Å². The van der Waals surface area contributed by atoms with Gasteiger partial charge in [-0.25, -0.2) is 17.5 Å². The molecule has 39 heavy (non-hydrogen) atoms. The van der Waals surface area contributed by atoms with Crippen LogP contribution in [0.4, 0.5) is 10.1 Å². The summed E-state index contributed by atoms with van der Waals surface area (Å²) < 4.78 is 47.2. The second-order valence-corrected chi connectivity index (χ2v) is 13.0. The second-order valence-electron chi connectivity index (χ2n) is 9.83. The number of nitrogens with zero attached hydrogens (tertiary/aromatic N) is 2. The maximum atomic E-state index is 13.3. The van der Waals surface area contributed by atoms with Crippen molar-refractivity contribution in [3.63, 3.8) is 0 Å². The van der Waals surface area contributed by atoms with E-state index in [1.807, 2.05) is 25.1 Å². The Morgan fingerprint density at radius 2 is 1.90 bits per heavy atom. The Hall–Kier alpha value is -2.36. The molecule has 2 aromatic carbocycles. The molecule has 2 aromatic rings. The molecule has 0 heterocycles. The van der Waals surface area contributed by atoms with Gasteiger partial charge >= 0.3 is 0 Å². The van der Waals surface area contributed by atoms with Crippen LogP contribution in [0, 0.1) is 17.1 Å². The number of halogens is 2. The molecule has 212 valence electrons. The van der Waals surface area contributed by atoms with E-state index >= 15 is 0 Å². The van der Waals surface area contributed by atoms with Gasteiger partial charge in [0.1, 0.15) is 17.5 Å². The maximum Gasteiger partial charge on any atom is 0.265 e. The third kappa shape index (κ3) is 8.32. The van der Waals surface area contributed by atoms with Crippen LogP contribution < -0.4 is 10.0 Å². The number of carbonyl (C=O) groups is 1. The quantitative estimate of drug-likeness (QED) is 0.328. The smallest absolute Gasteiger partial charge is 0.265 e. The zero-order valence-electron chi connectivity index (χ0n) is 22.3. The number of sulfonamides is 1. The van der Waals surface area contributed by atoms with E-state index in [-0.39, 0.29) is 27.3 Å². The molecule has 0 spiro atoms. The van der Waals surface area contributed by atoms with E-state index < -0.39 is 21.5 Å². The number of carbonyl (C=O) groups excluding carboxylic acids is 1. The summed E-state index contributed by atoms with van der Waals surface area (Å²) in [5, 5.41) is 13.2. The monoisotopic (exact) mass is 596 g/mol. The van der Waals surface area contributed by atoms with Gasteiger partial charge in [0.05, 0.1) is 21.2 Å². The average Bonchev–Trinajstić information content (AvgIpc) is 2.91. The summed E-state index contributed by atoms with van der Waals surface area (Å²) >= 11 is 8.05. The number of ether oxygens (including phenoxy) is 1. The fourth-order valence-electron chi connectivity index (χ4n) is 4.44. The van der Waals surface area contributed by atoms with Crippen LogP contribution in [0.1, 0.15) is 44.1 Å². The van der Waals surface area contributed by atoms with E-state index in [1.54, 1.807) is 12.1 Å². The molecule has 0 radical (unpaired) electrons. The molecule has 1 aliphatic carbocycles. The Bertz CT molecular complexity index is 1290. The number of benzene rings is 2. The van der Waals surface area contributed by atoms with Gasteiger partial charge in [-0.15, -0.1) is 11.8 Å². The molecule has 0 aromatic heterocycles. The average molecular weight is 597 g/mol. The summed E-state index contributed by atoms with van der Waals surface area (Å²) in [5.74, 6) is -0.437. The largest absolute Gasteiger partial charge is 0.379 e. The van der Waals surface area contributed by atoms with Gasteiger partial charge in [-0.05, 0) is 76.3 Å². The van der Waals surface area contributed by atoms with Gasteiger partial charge in [0.25, 0.3) is 15.9 Å². The predicted molar refractivity (Wildman–Crippen MR) is 152 cm³/mol. The van der Waals surface area contributed by atoms with Crippen molar-refractivity contribution in [2.24, 2.45) is 0 Å². The number of hydrogen-bond acceptors (Lipinski definition) is 8. The van der Waals surface area contributed by atoms with Crippen LogP contribution >= 0.6 is 23.4 Å². The second kappa shape index (κ2) is 13.8. The molecule has 2 N–H and O–H groups in total. The summed E-state index contributed by atoms with van der Waals surface area (Å²) in [7, 11) is 0.996. The van der Waals surface area contributed by atoms with E-state index in [9.17, 15) is 22.9 Å². The molecule has 1 amide bonds. The van der Waals surface area contributed by atoms with Crippen molar-refractivity contribution in [3.8, 4) is 6.07 Å². The molecule has 1 fully saturated rings. The summed E-state index contributed by atoms with van der Waals surface area (Å²) in [4.78, 5) is 15.6. The topological polar surface area (TPSA) is 112 Å². The molecule has 1 atom stereocenters. The number of hydrogen-bond donors (Lipinski definition) is 2. The van der Waals surface area contributed by atoms with E-state index in [4.69, 9.17) is 16.3 Å². The molecular formula is C27H34ClFN4O4S2. The van der Waals surface area contributed by atoms with Crippen LogP contribution in [0.15, 0.2) is 46.2 Å². The first-order valence-electron chi connectivity index (χ1n) is 12.7. The third-order valence-corrected chi connectivity index (χ3v) is 9.51. The first-order chi connectivity index (χ1) is 18.5. The van der Waals surface area contributed by atoms with Gasteiger partial charge in [-0.3, -0.25) is 4.79 Å². The number of nitrogens with one attached hydrogen (secondary N) is 2. The van der Waals surface area contributed by atoms with Crippen LogP contribution in [-0.4, -0.2) is 64.4 Å². The van der Waals surface area contributed by atoms with Crippen molar-refractivity contribution in [1.29, 1.82) is 5.26 Å². The summed E-state index contributed by atoms with van der Waals surface area (Å²) in [6.07, 6.45) is 4.06. The lowest BCUT2D eigenvalue weighted by atomic mass is 9.84. The van der Waals surface area contributed by atoms with Gasteiger partial charge < -0.3 is 15.0 Å². The van der Waals surface area contributed by atoms with Crippen LogP contribution in [0.5, 0.6) is 0 Å². The van der Waals surface area contributed by atoms with Crippen LogP contribution in [0.2, 0.25) is 5.02 Å². The van der Waals surface area contributed by atoms with Gasteiger partial charge in [0.2, 0.25) is 0 Å². The van der Waals surface area contributed by atoms with Crippen molar-refractivity contribution in [2.45, 2.75) is 60.0 Å². The van der Waals surface area contributed by atoms with Crippen LogP contribution in [0.25, 0.3) is 0 Å². The molecule has 1 saturated carbocycles. The van der Waals surface area contributed by atoms with Crippen LogP contribution in [0.3, 0.4) is 0 Å². The zero-order valence-corrected chi connectivity index (χ0v) is 24.7. The Labute approximate surface area is 239 Å². The molecule has 0 aliphatic heterocycles. The number of amides is 1. The first kappa shape index (κ1) is 31.2. The van der Waals surface area contributed by atoms with E-state index in [2.05, 4.69) is 10.0 Å². The van der Waals surface area contributed by atoms with E-state index in [0.29, 0.717) is 30.7 Å². The van der Waals surface area contributed by atoms with Crippen molar-refractivity contribution in [1.82, 2.24) is 9.62 Å². The lowest BCUT2D eigenvalue weighted by molar-refractivity contribution is -0.145. The summed E-state index contributed by atoms with van der Waals surface area (Å²) in [6.45, 7) is 0.751. The zero-order chi connectivity index (χ0) is 28.6. The number of nitriles is 1. The highest BCUT2D eigenvalue weighted by molar-refractivity contribution is 7.99. The SMILES string of the molecule is COC1(C(=O)NS(=O)(=O)c2cc(Cl)c(N[C@H](CCN(C)C)CSc3ccc(F)cc3)c(C#N)c2)CCCCC1. The number of anilines is 1. The molecule has 0 saturated heterocycles. The van der Waals surface area contributed by atoms with Gasteiger partial charge in [0, 0.05) is 23.8 Å². The first-order valence-corrected chi connectivity index (χ1v) is 15.5. The molecule has 12 heteroatoms. The minimum absolute atomic E-state index is 0.0380. The summed E-state index contributed by atoms with van der Waals surface area (Å²) in [5.41, 5.74) is -0.846. The van der Waals surface area contributed by atoms with E-state index in [0.717, 1.165) is 30.7 Å². The number of rotatable bonds is 12. The minimum atomic E-state index is -4.31. The molecular weight excluding hydrogens is 563 g/mol. The Balaban J connectivity index is 1.82. The molecule has 1 aliphatic rings. The molecule has 0 unspecified atom stereocenters. The minimum Gasteiger partial charge on any atom is -0.379 e. The standard InChI is InChI=1S/C27H34ClFN4O4S2/c1-33(2)14-11-21(18-38-22-9-7-20(29)8-10-22)31-25-19(17-30)15-23(16-24(25)28)39(35,36)32-26(34)27(37-3)12-5-4-6-13-27/h7-10,15-16,21,31H,4-6,11-14,18H2,1-3H3,(H,32,34)/t21-/m1/s1. The predicted octanol–water partition coefficient (Wildman–Crippen LogP) is 5.03. The van der Waals surface area contributed by atoms with Crippen molar-refractivity contribution in [3.05, 3.63) is 52.8 Å². The highest BCUT2D eigenvalue weighted by Crippen LogP contribution is 2.34. The Morgan fingerprint density at radius 1 is 1.23 bits per heavy atom. The van der Waals surface area contributed by atoms with Gasteiger partial charge in [-0.1, -0.05) is 30.9 Å². The Kier molecular flexibility index (Phi) is 11.0. The van der Waals surface area contributed by atoms with Crippen LogP contribution in [-0.2, 0) is 19.6 Å². The number of methoxy groups -OCH3 is 1. The number of thioether (sulfide) groups is 1. The Morgan fingerprint density at radius 3 is 2.49 bits per heavy atom. The normalized spacial score (nSPS) is 15.9. The fourth-order valence-corrected chi connectivity index (χ4v) is 6.84. The summed E-state index contributed by atoms with van der Waals surface area (Å²) in [6, 6.07) is 10.5. The lowest BCUT2D eigenvalue weighted by Crippen LogP contribution is -2.51. The molecule has 0 bridgehead atoms. The maximum absolute atomic E-state index is 13.3. The highest BCUT2D eigenvalue weighted by atomic mass is 35.5. The molecule has 3 rings (SSSR count). The van der Waals surface area contributed by atoms with E-state index in [1.165, 1.54) is 43.1 Å².